The smallest absolute Gasteiger partial charge is 0.138 e. The van der Waals surface area contributed by atoms with Crippen LogP contribution in [0.25, 0.3) is 83.0 Å². The summed E-state index contributed by atoms with van der Waals surface area (Å²) >= 11 is 0. The van der Waals surface area contributed by atoms with Crippen LogP contribution in [0.5, 0.6) is 0 Å². The molecule has 0 unspecified atom stereocenters. The Bertz CT molecular complexity index is 2260. The van der Waals surface area contributed by atoms with Gasteiger partial charge in [0.2, 0.25) is 0 Å². The molecule has 41 heavy (non-hydrogen) atoms. The second kappa shape index (κ2) is 8.51. The molecule has 0 saturated heterocycles. The van der Waals surface area contributed by atoms with Gasteiger partial charge in [0.15, 0.2) is 0 Å². The van der Waals surface area contributed by atoms with Gasteiger partial charge < -0.3 is 0 Å². The van der Waals surface area contributed by atoms with Crippen molar-refractivity contribution in [2.75, 3.05) is 0 Å². The molecule has 1 aliphatic carbocycles. The lowest BCUT2D eigenvalue weighted by molar-refractivity contribution is 1.10. The van der Waals surface area contributed by atoms with E-state index >= 15 is 0 Å². The molecule has 0 spiro atoms. The molecule has 2 nitrogen and oxygen atoms in total. The zero-order valence-corrected chi connectivity index (χ0v) is 22.3. The van der Waals surface area contributed by atoms with Crippen molar-refractivity contribution in [3.8, 4) is 50.3 Å². The van der Waals surface area contributed by atoms with E-state index in [2.05, 4.69) is 150 Å². The van der Waals surface area contributed by atoms with Gasteiger partial charge in [0.25, 0.3) is 0 Å². The fraction of sp³-hybridized carbons (Fsp3) is 0. The van der Waals surface area contributed by atoms with Crippen molar-refractivity contribution in [3.63, 3.8) is 0 Å². The number of para-hydroxylation sites is 2. The van der Waals surface area contributed by atoms with Gasteiger partial charge in [-0.15, -0.1) is 0 Å². The summed E-state index contributed by atoms with van der Waals surface area (Å²) in [5.41, 5.74) is 13.2. The molecule has 9 rings (SSSR count). The van der Waals surface area contributed by atoms with E-state index in [1.807, 2.05) is 0 Å². The molecular formula is C39H24N2. The van der Waals surface area contributed by atoms with Gasteiger partial charge in [0.1, 0.15) is 5.82 Å². The van der Waals surface area contributed by atoms with E-state index in [0.717, 1.165) is 16.7 Å². The predicted molar refractivity (Wildman–Crippen MR) is 171 cm³/mol. The third-order valence-electron chi connectivity index (χ3n) is 8.58. The first-order valence-corrected chi connectivity index (χ1v) is 14.1. The van der Waals surface area contributed by atoms with Gasteiger partial charge in [0.05, 0.1) is 16.6 Å². The molecule has 190 valence electrons. The van der Waals surface area contributed by atoms with E-state index in [4.69, 9.17) is 4.98 Å². The van der Waals surface area contributed by atoms with E-state index in [0.29, 0.717) is 0 Å². The van der Waals surface area contributed by atoms with Crippen molar-refractivity contribution >= 4 is 32.7 Å². The number of fused-ring (bicyclic) bond motifs is 13. The van der Waals surface area contributed by atoms with Crippen LogP contribution >= 0.6 is 0 Å². The molecule has 0 N–H and O–H groups in total. The van der Waals surface area contributed by atoms with E-state index in [1.54, 1.807) is 0 Å². The minimum atomic E-state index is 0.927. The van der Waals surface area contributed by atoms with Crippen molar-refractivity contribution < 1.29 is 0 Å². The molecule has 0 fully saturated rings. The van der Waals surface area contributed by atoms with Crippen molar-refractivity contribution in [3.05, 3.63) is 146 Å². The third-order valence-corrected chi connectivity index (χ3v) is 8.58. The van der Waals surface area contributed by atoms with Gasteiger partial charge in [-0.3, -0.25) is 4.57 Å². The molecule has 0 saturated carbocycles. The maximum Gasteiger partial charge on any atom is 0.138 e. The number of aromatic nitrogens is 2. The molecule has 2 heteroatoms. The molecule has 1 aliphatic rings. The van der Waals surface area contributed by atoms with E-state index in [-0.39, 0.29) is 0 Å². The van der Waals surface area contributed by atoms with Crippen LogP contribution in [0.2, 0.25) is 0 Å². The Kier molecular flexibility index (Phi) is 4.64. The van der Waals surface area contributed by atoms with Gasteiger partial charge in [-0.05, 0) is 63.2 Å². The van der Waals surface area contributed by atoms with Crippen molar-refractivity contribution in [2.45, 2.75) is 0 Å². The van der Waals surface area contributed by atoms with Gasteiger partial charge in [-0.2, -0.15) is 0 Å². The topological polar surface area (TPSA) is 17.8 Å². The third kappa shape index (κ3) is 3.16. The molecule has 2 heterocycles. The van der Waals surface area contributed by atoms with Gasteiger partial charge in [-0.25, -0.2) is 4.98 Å². The van der Waals surface area contributed by atoms with Crippen molar-refractivity contribution in [2.24, 2.45) is 0 Å². The highest BCUT2D eigenvalue weighted by molar-refractivity contribution is 6.12. The Labute approximate surface area is 237 Å². The van der Waals surface area contributed by atoms with Crippen LogP contribution in [-0.2, 0) is 0 Å². The molecule has 0 atom stereocenters. The van der Waals surface area contributed by atoms with Gasteiger partial charge in [-0.1, -0.05) is 121 Å². The lowest BCUT2D eigenvalue weighted by Gasteiger charge is -2.24. The first-order valence-electron chi connectivity index (χ1n) is 14.1. The summed E-state index contributed by atoms with van der Waals surface area (Å²) in [4.78, 5) is 5.49. The van der Waals surface area contributed by atoms with E-state index in [9.17, 15) is 0 Å². The predicted octanol–water partition coefficient (Wildman–Crippen LogP) is 10.3. The van der Waals surface area contributed by atoms with Crippen molar-refractivity contribution in [1.82, 2.24) is 9.55 Å². The summed E-state index contributed by atoms with van der Waals surface area (Å²) in [7, 11) is 0. The fourth-order valence-electron chi connectivity index (χ4n) is 6.81. The minimum absolute atomic E-state index is 0.927. The number of hydrogen-bond donors (Lipinski definition) is 0. The average molecular weight is 521 g/mol. The fourth-order valence-corrected chi connectivity index (χ4v) is 6.81. The Morgan fingerprint density at radius 1 is 0.366 bits per heavy atom. The van der Waals surface area contributed by atoms with Crippen LogP contribution in [-0.4, -0.2) is 9.55 Å². The first-order chi connectivity index (χ1) is 20.4. The highest BCUT2D eigenvalue weighted by atomic mass is 15.1. The molecule has 0 radical (unpaired) electrons. The van der Waals surface area contributed by atoms with Crippen LogP contribution in [0.15, 0.2) is 146 Å². The summed E-state index contributed by atoms with van der Waals surface area (Å²) in [6.45, 7) is 0. The number of nitrogens with zero attached hydrogens (tertiary/aromatic N) is 2. The lowest BCUT2D eigenvalue weighted by atomic mass is 9.80. The Balaban J connectivity index is 1.43. The monoisotopic (exact) mass is 520 g/mol. The molecule has 8 aromatic rings. The van der Waals surface area contributed by atoms with Crippen LogP contribution in [0, 0.1) is 0 Å². The molecule has 0 amide bonds. The molecular weight excluding hydrogens is 496 g/mol. The average Bonchev–Trinajstić information content (AvgIpc) is 3.38. The maximum absolute atomic E-state index is 5.49. The van der Waals surface area contributed by atoms with Crippen molar-refractivity contribution in [1.29, 1.82) is 0 Å². The lowest BCUT2D eigenvalue weighted by Crippen LogP contribution is -2.01. The standard InChI is InChI=1S/C39H24N2/c1-2-12-27-26(11-1)28-13-3-4-15-30(28)34-23-21-25-22-24-37(40-39(25)38(34)33-18-6-5-14-29(27)33)41-35-19-9-7-16-31(35)32-17-8-10-20-36(32)41/h1-24H. The molecule has 0 aliphatic heterocycles. The summed E-state index contributed by atoms with van der Waals surface area (Å²) < 4.78 is 2.31. The van der Waals surface area contributed by atoms with Crippen LogP contribution in [0.1, 0.15) is 0 Å². The second-order valence-electron chi connectivity index (χ2n) is 10.7. The number of pyridine rings is 1. The highest BCUT2D eigenvalue weighted by Crippen LogP contribution is 2.49. The number of benzene rings is 6. The zero-order valence-electron chi connectivity index (χ0n) is 22.3. The summed E-state index contributed by atoms with van der Waals surface area (Å²) in [6, 6.07) is 52.5. The largest absolute Gasteiger partial charge is 0.294 e. The number of hydrogen-bond acceptors (Lipinski definition) is 1. The minimum Gasteiger partial charge on any atom is -0.294 e. The Morgan fingerprint density at radius 2 is 0.805 bits per heavy atom. The van der Waals surface area contributed by atoms with Gasteiger partial charge >= 0.3 is 0 Å². The SMILES string of the molecule is c1ccc2c(c1)-c1ccccc1-c1ccc3ccc(-n4c5ccccc5c5ccccc54)nc3c1-c1ccccc1-2. The summed E-state index contributed by atoms with van der Waals surface area (Å²) in [5, 5.41) is 3.61. The zero-order chi connectivity index (χ0) is 26.9. The highest BCUT2D eigenvalue weighted by Gasteiger charge is 2.24. The summed E-state index contributed by atoms with van der Waals surface area (Å²) in [5.74, 6) is 0.927. The van der Waals surface area contributed by atoms with Crippen LogP contribution in [0.3, 0.4) is 0 Å². The molecule has 0 bridgehead atoms. The summed E-state index contributed by atoms with van der Waals surface area (Å²) in [6.07, 6.45) is 0. The quantitative estimate of drug-likeness (QED) is 0.210. The first kappa shape index (κ1) is 22.4. The number of rotatable bonds is 1. The Hall–Kier alpha value is -5.47. The molecule has 2 aromatic heterocycles. The maximum atomic E-state index is 5.49. The van der Waals surface area contributed by atoms with E-state index in [1.165, 1.54) is 66.3 Å². The Morgan fingerprint density at radius 3 is 1.39 bits per heavy atom. The second-order valence-corrected chi connectivity index (χ2v) is 10.7. The van der Waals surface area contributed by atoms with Crippen LogP contribution in [0.4, 0.5) is 0 Å². The van der Waals surface area contributed by atoms with Crippen LogP contribution < -0.4 is 0 Å². The molecule has 6 aromatic carbocycles. The van der Waals surface area contributed by atoms with Gasteiger partial charge in [0, 0.05) is 21.7 Å². The normalized spacial score (nSPS) is 11.9. The van der Waals surface area contributed by atoms with E-state index < -0.39 is 0 Å².